The summed E-state index contributed by atoms with van der Waals surface area (Å²) in [5.74, 6) is -0.345. The number of hydroxylamine groups is 1. The Balaban J connectivity index is 1.54. The van der Waals surface area contributed by atoms with Gasteiger partial charge >= 0.3 is 0 Å². The molecule has 1 heterocycles. The quantitative estimate of drug-likeness (QED) is 0.346. The van der Waals surface area contributed by atoms with Crippen LogP contribution in [0.15, 0.2) is 77.7 Å². The predicted octanol–water partition coefficient (Wildman–Crippen LogP) is 4.40. The summed E-state index contributed by atoms with van der Waals surface area (Å²) in [4.78, 5) is 13.1. The van der Waals surface area contributed by atoms with Crippen LogP contribution in [0.25, 0.3) is 0 Å². The molecule has 1 amide bonds. The van der Waals surface area contributed by atoms with Crippen LogP contribution in [0.3, 0.4) is 0 Å². The van der Waals surface area contributed by atoms with E-state index >= 15 is 0 Å². The Morgan fingerprint density at radius 3 is 2.28 bits per heavy atom. The van der Waals surface area contributed by atoms with Gasteiger partial charge in [-0.3, -0.25) is 4.79 Å². The Bertz CT molecular complexity index is 1330. The van der Waals surface area contributed by atoms with Crippen LogP contribution in [-0.4, -0.2) is 33.0 Å². The van der Waals surface area contributed by atoms with Gasteiger partial charge in [0.1, 0.15) is 24.2 Å². The number of nitrogens with one attached hydrogen (secondary N) is 1. The molecule has 0 radical (unpaired) electrons. The zero-order chi connectivity index (χ0) is 25.9. The maximum absolute atomic E-state index is 13.7. The summed E-state index contributed by atoms with van der Waals surface area (Å²) < 4.78 is 52.9. The number of ether oxygens (including phenoxy) is 1. The molecule has 1 atom stereocenters. The second kappa shape index (κ2) is 10.5. The van der Waals surface area contributed by atoms with E-state index in [1.54, 1.807) is 24.3 Å². The molecule has 190 valence electrons. The molecular formula is C26H29FN2O5SSi. The highest BCUT2D eigenvalue weighted by Crippen LogP contribution is 2.30. The highest BCUT2D eigenvalue weighted by Gasteiger charge is 2.40. The highest BCUT2D eigenvalue weighted by atomic mass is 32.2. The number of nitrogens with zero attached hydrogens (tertiary/aromatic N) is 1. The lowest BCUT2D eigenvalue weighted by Crippen LogP contribution is -2.53. The molecular weight excluding hydrogens is 499 g/mol. The Hall–Kier alpha value is -3.05. The number of carbonyl (C=O) groups excluding carboxylic acids is 1. The molecule has 3 aromatic rings. The first-order chi connectivity index (χ1) is 17.0. The molecule has 0 unspecified atom stereocenters. The maximum Gasteiger partial charge on any atom is 0.261 e. The molecule has 7 nitrogen and oxygen atoms in total. The van der Waals surface area contributed by atoms with Gasteiger partial charge in [-0.15, -0.1) is 0 Å². The molecule has 0 fully saturated rings. The minimum atomic E-state index is -4.01. The molecule has 0 saturated carbocycles. The SMILES string of the molecule is C[Si](C)(C)ONC(=O)[C@H]1Cc2ccccc2CN1S(=O)(=O)c1ccc(OCc2ccc(F)cc2)cc1. The average molecular weight is 529 g/mol. The van der Waals surface area contributed by atoms with Crippen molar-refractivity contribution in [3.63, 3.8) is 0 Å². The van der Waals surface area contributed by atoms with Crippen molar-refractivity contribution in [3.05, 3.63) is 95.3 Å². The number of amides is 1. The average Bonchev–Trinajstić information content (AvgIpc) is 2.86. The number of rotatable bonds is 8. The third-order valence-electron chi connectivity index (χ3n) is 5.71. The molecule has 1 aliphatic rings. The molecule has 1 N–H and O–H groups in total. The summed E-state index contributed by atoms with van der Waals surface area (Å²) in [6.45, 7) is 6.08. The van der Waals surface area contributed by atoms with Crippen molar-refractivity contribution in [3.8, 4) is 5.75 Å². The molecule has 4 rings (SSSR count). The van der Waals surface area contributed by atoms with Gasteiger partial charge in [-0.25, -0.2) is 18.3 Å². The fraction of sp³-hybridized carbons (Fsp3) is 0.269. The lowest BCUT2D eigenvalue weighted by atomic mass is 9.95. The lowest BCUT2D eigenvalue weighted by molar-refractivity contribution is -0.132. The van der Waals surface area contributed by atoms with E-state index in [4.69, 9.17) is 9.26 Å². The van der Waals surface area contributed by atoms with Crippen molar-refractivity contribution < 1.29 is 26.9 Å². The van der Waals surface area contributed by atoms with Crippen LogP contribution in [0, 0.1) is 5.82 Å². The zero-order valence-electron chi connectivity index (χ0n) is 20.4. The topological polar surface area (TPSA) is 84.9 Å². The number of hydrogen-bond donors (Lipinski definition) is 1. The summed E-state index contributed by atoms with van der Waals surface area (Å²) in [7, 11) is -6.07. The summed E-state index contributed by atoms with van der Waals surface area (Å²) in [6, 6.07) is 18.6. The fourth-order valence-corrected chi connectivity index (χ4v) is 5.81. The second-order valence-electron chi connectivity index (χ2n) is 9.61. The van der Waals surface area contributed by atoms with Crippen molar-refractivity contribution in [1.82, 2.24) is 9.79 Å². The van der Waals surface area contributed by atoms with E-state index in [0.29, 0.717) is 5.75 Å². The third kappa shape index (κ3) is 6.19. The lowest BCUT2D eigenvalue weighted by Gasteiger charge is -2.35. The van der Waals surface area contributed by atoms with Gasteiger partial charge in [-0.05, 0) is 79.2 Å². The van der Waals surface area contributed by atoms with E-state index in [1.165, 1.54) is 28.6 Å². The zero-order valence-corrected chi connectivity index (χ0v) is 22.2. The fourth-order valence-electron chi connectivity index (χ4n) is 3.84. The Labute approximate surface area is 212 Å². The highest BCUT2D eigenvalue weighted by molar-refractivity contribution is 7.89. The maximum atomic E-state index is 13.7. The van der Waals surface area contributed by atoms with E-state index < -0.39 is 30.3 Å². The van der Waals surface area contributed by atoms with Gasteiger partial charge in [0.2, 0.25) is 18.3 Å². The van der Waals surface area contributed by atoms with Crippen LogP contribution in [0.1, 0.15) is 16.7 Å². The van der Waals surface area contributed by atoms with Crippen molar-refractivity contribution in [2.75, 3.05) is 0 Å². The standard InChI is InChI=1S/C26H29FN2O5SSi/c1-36(2,3)34-28-26(30)25-16-20-6-4-5-7-21(20)17-29(25)35(31,32)24-14-12-23(13-15-24)33-18-19-8-10-22(27)11-9-19/h4-15,25H,16-18H2,1-3H3,(H,28,30)/t25-/m1/s1. The van der Waals surface area contributed by atoms with Crippen LogP contribution < -0.4 is 10.2 Å². The van der Waals surface area contributed by atoms with Gasteiger partial charge in [0.15, 0.2) is 0 Å². The summed E-state index contributed by atoms with van der Waals surface area (Å²) in [5, 5.41) is 0. The van der Waals surface area contributed by atoms with Crippen LogP contribution in [-0.2, 0) is 38.9 Å². The van der Waals surface area contributed by atoms with E-state index in [2.05, 4.69) is 5.48 Å². The van der Waals surface area contributed by atoms with Gasteiger partial charge in [0, 0.05) is 6.54 Å². The van der Waals surface area contributed by atoms with E-state index in [0.717, 1.165) is 16.7 Å². The largest absolute Gasteiger partial charge is 0.489 e. The van der Waals surface area contributed by atoms with Gasteiger partial charge in [-0.2, -0.15) is 4.31 Å². The molecule has 3 aromatic carbocycles. The minimum Gasteiger partial charge on any atom is -0.489 e. The minimum absolute atomic E-state index is 0.0555. The Morgan fingerprint density at radius 2 is 1.64 bits per heavy atom. The number of sulfonamides is 1. The molecule has 1 aliphatic heterocycles. The first-order valence-corrected chi connectivity index (χ1v) is 16.4. The molecule has 0 bridgehead atoms. The van der Waals surface area contributed by atoms with Crippen LogP contribution in [0.2, 0.25) is 19.6 Å². The van der Waals surface area contributed by atoms with Gasteiger partial charge < -0.3 is 9.26 Å². The van der Waals surface area contributed by atoms with Crippen molar-refractivity contribution in [2.24, 2.45) is 0 Å². The van der Waals surface area contributed by atoms with Crippen molar-refractivity contribution in [1.29, 1.82) is 0 Å². The molecule has 0 spiro atoms. The summed E-state index contributed by atoms with van der Waals surface area (Å²) >= 11 is 0. The first kappa shape index (κ1) is 26.0. The van der Waals surface area contributed by atoms with Gasteiger partial charge in [0.05, 0.1) is 4.90 Å². The monoisotopic (exact) mass is 528 g/mol. The second-order valence-corrected chi connectivity index (χ2v) is 15.9. The number of fused-ring (bicyclic) bond motifs is 1. The smallest absolute Gasteiger partial charge is 0.261 e. The molecule has 0 saturated heterocycles. The number of halogens is 1. The van der Waals surface area contributed by atoms with E-state index in [-0.39, 0.29) is 30.3 Å². The molecule has 36 heavy (non-hydrogen) atoms. The van der Waals surface area contributed by atoms with Gasteiger partial charge in [0.25, 0.3) is 5.91 Å². The van der Waals surface area contributed by atoms with Crippen LogP contribution in [0.4, 0.5) is 4.39 Å². The number of benzene rings is 3. The van der Waals surface area contributed by atoms with Crippen molar-refractivity contribution >= 4 is 24.2 Å². The normalized spacial score (nSPS) is 16.3. The molecule has 10 heteroatoms. The Kier molecular flexibility index (Phi) is 7.60. The molecule has 0 aromatic heterocycles. The third-order valence-corrected chi connectivity index (χ3v) is 8.30. The van der Waals surface area contributed by atoms with E-state index in [1.807, 2.05) is 43.9 Å². The van der Waals surface area contributed by atoms with Gasteiger partial charge in [-0.1, -0.05) is 36.4 Å². The summed E-state index contributed by atoms with van der Waals surface area (Å²) in [5.41, 5.74) is 5.07. The van der Waals surface area contributed by atoms with Crippen molar-refractivity contribution in [2.45, 2.75) is 50.2 Å². The summed E-state index contributed by atoms with van der Waals surface area (Å²) in [6.07, 6.45) is 0.245. The van der Waals surface area contributed by atoms with E-state index in [9.17, 15) is 17.6 Å². The first-order valence-electron chi connectivity index (χ1n) is 11.6. The van der Waals surface area contributed by atoms with Crippen LogP contribution >= 0.6 is 0 Å². The van der Waals surface area contributed by atoms with Crippen LogP contribution in [0.5, 0.6) is 5.75 Å². The molecule has 0 aliphatic carbocycles. The number of hydrogen-bond acceptors (Lipinski definition) is 5. The Morgan fingerprint density at radius 1 is 1.00 bits per heavy atom. The predicted molar refractivity (Wildman–Crippen MR) is 136 cm³/mol. The number of carbonyl (C=O) groups is 1.